The number of rotatable bonds is 4. The van der Waals surface area contributed by atoms with Crippen LogP contribution < -0.4 is 10.6 Å². The lowest BCUT2D eigenvalue weighted by Crippen LogP contribution is -2.60. The highest BCUT2D eigenvalue weighted by atomic mass is 16.2. The highest BCUT2D eigenvalue weighted by Crippen LogP contribution is 2.22. The van der Waals surface area contributed by atoms with Gasteiger partial charge in [-0.15, -0.1) is 0 Å². The van der Waals surface area contributed by atoms with Crippen molar-refractivity contribution in [1.29, 1.82) is 0 Å². The Kier molecular flexibility index (Phi) is 4.54. The van der Waals surface area contributed by atoms with E-state index in [0.29, 0.717) is 0 Å². The number of carbonyl (C=O) groups is 1. The average molecular weight is 213 g/mol. The van der Waals surface area contributed by atoms with E-state index in [-0.39, 0.29) is 11.4 Å². The van der Waals surface area contributed by atoms with Crippen LogP contribution in [0.5, 0.6) is 0 Å². The smallest absolute Gasteiger partial charge is 0.240 e. The Bertz CT molecular complexity index is 210. The Morgan fingerprint density at radius 1 is 1.33 bits per heavy atom. The predicted octanol–water partition coefficient (Wildman–Crippen LogP) is 0.196. The maximum Gasteiger partial charge on any atom is 0.240 e. The second kappa shape index (κ2) is 5.47. The number of nitrogens with one attached hydrogen (secondary N) is 2. The quantitative estimate of drug-likeness (QED) is 0.701. The van der Waals surface area contributed by atoms with Crippen LogP contribution in [-0.4, -0.2) is 50.1 Å². The maximum absolute atomic E-state index is 11.8. The SMILES string of the molecule is CCCN1CCC(NC)(C(=O)NC)CC1. The number of nitrogens with zero attached hydrogens (tertiary/aromatic N) is 1. The molecule has 2 N–H and O–H groups in total. The topological polar surface area (TPSA) is 44.4 Å². The van der Waals surface area contributed by atoms with Crippen molar-refractivity contribution in [2.75, 3.05) is 33.7 Å². The molecule has 1 rings (SSSR count). The van der Waals surface area contributed by atoms with Gasteiger partial charge in [-0.3, -0.25) is 4.79 Å². The molecule has 0 atom stereocenters. The Morgan fingerprint density at radius 2 is 1.93 bits per heavy atom. The first kappa shape index (κ1) is 12.5. The van der Waals surface area contributed by atoms with Crippen molar-refractivity contribution < 1.29 is 4.79 Å². The van der Waals surface area contributed by atoms with Crippen LogP contribution in [0.2, 0.25) is 0 Å². The third-order valence-electron chi connectivity index (χ3n) is 3.39. The molecule has 88 valence electrons. The van der Waals surface area contributed by atoms with Gasteiger partial charge in [-0.2, -0.15) is 0 Å². The van der Waals surface area contributed by atoms with E-state index in [9.17, 15) is 4.79 Å². The number of carbonyl (C=O) groups excluding carboxylic acids is 1. The fourth-order valence-corrected chi connectivity index (χ4v) is 2.30. The van der Waals surface area contributed by atoms with E-state index in [2.05, 4.69) is 22.5 Å². The molecule has 0 aromatic rings. The molecule has 4 heteroatoms. The molecular weight excluding hydrogens is 190 g/mol. The van der Waals surface area contributed by atoms with E-state index >= 15 is 0 Å². The zero-order valence-corrected chi connectivity index (χ0v) is 10.1. The molecule has 1 aliphatic rings. The lowest BCUT2D eigenvalue weighted by atomic mass is 9.86. The Labute approximate surface area is 92.4 Å². The Morgan fingerprint density at radius 3 is 2.33 bits per heavy atom. The van der Waals surface area contributed by atoms with Gasteiger partial charge in [-0.1, -0.05) is 6.92 Å². The molecule has 0 spiro atoms. The van der Waals surface area contributed by atoms with Crippen LogP contribution in [0.1, 0.15) is 26.2 Å². The van der Waals surface area contributed by atoms with Crippen LogP contribution in [0.25, 0.3) is 0 Å². The van der Waals surface area contributed by atoms with Crippen LogP contribution in [0.3, 0.4) is 0 Å². The summed E-state index contributed by atoms with van der Waals surface area (Å²) in [5.74, 6) is 0.126. The van der Waals surface area contributed by atoms with Gasteiger partial charge in [0.05, 0.1) is 5.54 Å². The zero-order valence-electron chi connectivity index (χ0n) is 10.1. The molecule has 0 radical (unpaired) electrons. The van der Waals surface area contributed by atoms with Crippen molar-refractivity contribution in [1.82, 2.24) is 15.5 Å². The molecule has 1 heterocycles. The molecule has 0 unspecified atom stereocenters. The average Bonchev–Trinajstić information content (AvgIpc) is 2.30. The summed E-state index contributed by atoms with van der Waals surface area (Å²) in [4.78, 5) is 14.2. The lowest BCUT2D eigenvalue weighted by Gasteiger charge is -2.40. The first-order valence-electron chi connectivity index (χ1n) is 5.82. The van der Waals surface area contributed by atoms with E-state index in [4.69, 9.17) is 0 Å². The third-order valence-corrected chi connectivity index (χ3v) is 3.39. The maximum atomic E-state index is 11.8. The monoisotopic (exact) mass is 213 g/mol. The second-order valence-corrected chi connectivity index (χ2v) is 4.25. The van der Waals surface area contributed by atoms with Gasteiger partial charge in [0.25, 0.3) is 0 Å². The minimum atomic E-state index is -0.334. The molecule has 0 bridgehead atoms. The Balaban J connectivity index is 2.54. The minimum Gasteiger partial charge on any atom is -0.358 e. The first-order valence-corrected chi connectivity index (χ1v) is 5.82. The van der Waals surface area contributed by atoms with Gasteiger partial charge in [-0.25, -0.2) is 0 Å². The number of likely N-dealkylation sites (N-methyl/N-ethyl adjacent to an activating group) is 2. The molecule has 0 aromatic carbocycles. The standard InChI is InChI=1S/C11H23N3O/c1-4-7-14-8-5-11(13-3,6-9-14)10(15)12-2/h13H,4-9H2,1-3H3,(H,12,15). The van der Waals surface area contributed by atoms with E-state index in [0.717, 1.165) is 32.5 Å². The molecule has 15 heavy (non-hydrogen) atoms. The number of hydrogen-bond donors (Lipinski definition) is 2. The van der Waals surface area contributed by atoms with Crippen LogP contribution in [0.4, 0.5) is 0 Å². The highest BCUT2D eigenvalue weighted by Gasteiger charge is 2.38. The van der Waals surface area contributed by atoms with Gasteiger partial charge in [0.1, 0.15) is 0 Å². The minimum absolute atomic E-state index is 0.126. The van der Waals surface area contributed by atoms with E-state index < -0.39 is 0 Å². The summed E-state index contributed by atoms with van der Waals surface area (Å²) < 4.78 is 0. The summed E-state index contributed by atoms with van der Waals surface area (Å²) in [6.45, 7) is 5.37. The van der Waals surface area contributed by atoms with E-state index in [1.807, 2.05) is 7.05 Å². The van der Waals surface area contributed by atoms with Crippen molar-refractivity contribution >= 4 is 5.91 Å². The molecule has 4 nitrogen and oxygen atoms in total. The highest BCUT2D eigenvalue weighted by molar-refractivity contribution is 5.86. The fraction of sp³-hybridized carbons (Fsp3) is 0.909. The van der Waals surface area contributed by atoms with Crippen molar-refractivity contribution in [2.24, 2.45) is 0 Å². The largest absolute Gasteiger partial charge is 0.358 e. The summed E-state index contributed by atoms with van der Waals surface area (Å²) in [6, 6.07) is 0. The second-order valence-electron chi connectivity index (χ2n) is 4.25. The van der Waals surface area contributed by atoms with Gasteiger partial charge < -0.3 is 15.5 Å². The summed E-state index contributed by atoms with van der Waals surface area (Å²) in [7, 11) is 3.59. The van der Waals surface area contributed by atoms with E-state index in [1.54, 1.807) is 7.05 Å². The van der Waals surface area contributed by atoms with Gasteiger partial charge in [0, 0.05) is 20.1 Å². The molecule has 1 saturated heterocycles. The van der Waals surface area contributed by atoms with Gasteiger partial charge in [0.15, 0.2) is 0 Å². The Hall–Kier alpha value is -0.610. The van der Waals surface area contributed by atoms with Gasteiger partial charge >= 0.3 is 0 Å². The van der Waals surface area contributed by atoms with Crippen molar-refractivity contribution in [2.45, 2.75) is 31.7 Å². The van der Waals surface area contributed by atoms with E-state index in [1.165, 1.54) is 6.42 Å². The first-order chi connectivity index (χ1) is 7.18. The van der Waals surface area contributed by atoms with Gasteiger partial charge in [0.2, 0.25) is 5.91 Å². The third kappa shape index (κ3) is 2.69. The molecule has 0 aliphatic carbocycles. The number of likely N-dealkylation sites (tertiary alicyclic amines) is 1. The summed E-state index contributed by atoms with van der Waals surface area (Å²) >= 11 is 0. The fourth-order valence-electron chi connectivity index (χ4n) is 2.30. The predicted molar refractivity (Wildman–Crippen MR) is 61.8 cm³/mol. The van der Waals surface area contributed by atoms with Crippen molar-refractivity contribution in [3.8, 4) is 0 Å². The molecule has 1 amide bonds. The summed E-state index contributed by atoms with van der Waals surface area (Å²) in [6.07, 6.45) is 3.00. The van der Waals surface area contributed by atoms with Crippen molar-refractivity contribution in [3.05, 3.63) is 0 Å². The van der Waals surface area contributed by atoms with Crippen LogP contribution in [0, 0.1) is 0 Å². The number of piperidine rings is 1. The zero-order chi connectivity index (χ0) is 11.3. The van der Waals surface area contributed by atoms with Crippen LogP contribution in [-0.2, 0) is 4.79 Å². The summed E-state index contributed by atoms with van der Waals surface area (Å²) in [5.41, 5.74) is -0.334. The number of hydrogen-bond acceptors (Lipinski definition) is 3. The molecular formula is C11H23N3O. The molecule has 0 saturated carbocycles. The molecule has 0 aromatic heterocycles. The number of amides is 1. The van der Waals surface area contributed by atoms with Crippen LogP contribution >= 0.6 is 0 Å². The molecule has 1 aliphatic heterocycles. The van der Waals surface area contributed by atoms with Gasteiger partial charge in [-0.05, 0) is 32.9 Å². The van der Waals surface area contributed by atoms with Crippen molar-refractivity contribution in [3.63, 3.8) is 0 Å². The van der Waals surface area contributed by atoms with Crippen LogP contribution in [0.15, 0.2) is 0 Å². The molecule has 1 fully saturated rings. The lowest BCUT2D eigenvalue weighted by molar-refractivity contribution is -0.129. The summed E-state index contributed by atoms with van der Waals surface area (Å²) in [5, 5.41) is 5.95. The normalized spacial score (nSPS) is 21.3.